The zero-order valence-corrected chi connectivity index (χ0v) is 23.3. The Bertz CT molecular complexity index is 1360. The van der Waals surface area contributed by atoms with Gasteiger partial charge in [0.2, 0.25) is 5.91 Å². The molecule has 2 unspecified atom stereocenters. The third-order valence-electron chi connectivity index (χ3n) is 8.49. The van der Waals surface area contributed by atoms with Crippen LogP contribution in [0.1, 0.15) is 55.7 Å². The highest BCUT2D eigenvalue weighted by Gasteiger charge is 2.47. The Morgan fingerprint density at radius 3 is 2.20 bits per heavy atom. The molecule has 0 saturated heterocycles. The number of fused-ring (bicyclic) bond motifs is 3. The number of rotatable bonds is 10. The fourth-order valence-electron chi connectivity index (χ4n) is 5.98. The van der Waals surface area contributed by atoms with Gasteiger partial charge in [0.15, 0.2) is 0 Å². The molecule has 0 aromatic heterocycles. The van der Waals surface area contributed by atoms with Crippen molar-refractivity contribution in [3.63, 3.8) is 0 Å². The Morgan fingerprint density at radius 2 is 1.56 bits per heavy atom. The second-order valence-electron chi connectivity index (χ2n) is 11.1. The number of carboxylic acid groups (broad SMARTS) is 1. The highest BCUT2D eigenvalue weighted by Crippen LogP contribution is 2.44. The molecule has 3 aromatic rings. The summed E-state index contributed by atoms with van der Waals surface area (Å²) >= 11 is 0. The monoisotopic (exact) mass is 556 g/mol. The Labute approximate surface area is 240 Å². The second kappa shape index (κ2) is 12.1. The molecule has 2 aliphatic carbocycles. The third-order valence-corrected chi connectivity index (χ3v) is 8.49. The van der Waals surface area contributed by atoms with Crippen LogP contribution in [0.4, 0.5) is 4.79 Å². The number of ether oxygens (including phenoxy) is 2. The van der Waals surface area contributed by atoms with Crippen LogP contribution in [0.3, 0.4) is 0 Å². The van der Waals surface area contributed by atoms with Crippen molar-refractivity contribution in [3.05, 3.63) is 95.6 Å². The topological polar surface area (TPSA) is 114 Å². The lowest BCUT2D eigenvalue weighted by atomic mass is 9.84. The van der Waals surface area contributed by atoms with E-state index in [1.165, 1.54) is 0 Å². The molecule has 4 atom stereocenters. The quantitative estimate of drug-likeness (QED) is 0.314. The molecule has 3 N–H and O–H groups in total. The summed E-state index contributed by atoms with van der Waals surface area (Å²) in [4.78, 5) is 38.6. The first-order valence-corrected chi connectivity index (χ1v) is 14.1. The first-order chi connectivity index (χ1) is 19.8. The van der Waals surface area contributed by atoms with Gasteiger partial charge in [0.1, 0.15) is 12.6 Å². The fourth-order valence-corrected chi connectivity index (χ4v) is 5.98. The minimum absolute atomic E-state index is 0.104. The number of alkyl carbamates (subject to hydrolysis) is 1. The minimum atomic E-state index is -1.09. The smallest absolute Gasteiger partial charge is 0.407 e. The first-order valence-electron chi connectivity index (χ1n) is 14.1. The lowest BCUT2D eigenvalue weighted by Gasteiger charge is -2.31. The standard InChI is InChI=1S/C33H36N2O6/c1-21(40-19-22-11-4-3-5-12-22)29(30(36)34-28-17-10-18-33(28,2)31(37)38)35-32(39)41-20-27-25-15-8-6-13-23(25)24-14-7-9-16-26(24)27/h3-9,11-16,21,27-29H,10,17-20H2,1-2H3,(H,34,36)(H,35,39)(H,37,38)/t21-,28?,29+,33?/m0/s1. The summed E-state index contributed by atoms with van der Waals surface area (Å²) in [5.74, 6) is -1.57. The average Bonchev–Trinajstić information content (AvgIpc) is 3.52. The van der Waals surface area contributed by atoms with Gasteiger partial charge >= 0.3 is 12.1 Å². The van der Waals surface area contributed by atoms with Gasteiger partial charge in [0, 0.05) is 12.0 Å². The minimum Gasteiger partial charge on any atom is -0.481 e. The van der Waals surface area contributed by atoms with E-state index in [2.05, 4.69) is 22.8 Å². The Kier molecular flexibility index (Phi) is 8.40. The highest BCUT2D eigenvalue weighted by atomic mass is 16.5. The molecule has 0 heterocycles. The van der Waals surface area contributed by atoms with Crippen molar-refractivity contribution in [2.75, 3.05) is 6.61 Å². The fraction of sp³-hybridized carbons (Fsp3) is 0.364. The van der Waals surface area contributed by atoms with Crippen molar-refractivity contribution < 1.29 is 29.0 Å². The van der Waals surface area contributed by atoms with Gasteiger partial charge in [-0.2, -0.15) is 0 Å². The van der Waals surface area contributed by atoms with E-state index in [1.807, 2.05) is 66.7 Å². The molecule has 0 bridgehead atoms. The predicted molar refractivity (Wildman–Crippen MR) is 154 cm³/mol. The average molecular weight is 557 g/mol. The van der Waals surface area contributed by atoms with Crippen LogP contribution in [0.25, 0.3) is 11.1 Å². The molecule has 0 spiro atoms. The van der Waals surface area contributed by atoms with Crippen LogP contribution in [0, 0.1) is 5.41 Å². The van der Waals surface area contributed by atoms with E-state index >= 15 is 0 Å². The Morgan fingerprint density at radius 1 is 0.951 bits per heavy atom. The van der Waals surface area contributed by atoms with Crippen LogP contribution < -0.4 is 10.6 Å². The normalized spacial score (nSPS) is 20.9. The summed E-state index contributed by atoms with van der Waals surface area (Å²) in [6.45, 7) is 3.71. The third kappa shape index (κ3) is 5.98. The van der Waals surface area contributed by atoms with E-state index in [9.17, 15) is 19.5 Å². The van der Waals surface area contributed by atoms with Crippen LogP contribution in [-0.2, 0) is 25.7 Å². The number of aliphatic carboxylic acids is 1. The molecule has 214 valence electrons. The van der Waals surface area contributed by atoms with Gasteiger partial charge in [0.25, 0.3) is 0 Å². The van der Waals surface area contributed by atoms with Gasteiger partial charge < -0.3 is 25.2 Å². The molecule has 1 saturated carbocycles. The largest absolute Gasteiger partial charge is 0.481 e. The van der Waals surface area contributed by atoms with Crippen LogP contribution in [0.5, 0.6) is 0 Å². The molecule has 41 heavy (non-hydrogen) atoms. The molecule has 3 aromatic carbocycles. The van der Waals surface area contributed by atoms with Crippen molar-refractivity contribution in [2.24, 2.45) is 5.41 Å². The molecule has 5 rings (SSSR count). The number of hydrogen-bond donors (Lipinski definition) is 3. The molecule has 2 aliphatic rings. The molecule has 1 fully saturated rings. The maximum Gasteiger partial charge on any atom is 0.407 e. The molecule has 2 amide bonds. The first kappa shape index (κ1) is 28.4. The Hall–Kier alpha value is -4.17. The zero-order valence-electron chi connectivity index (χ0n) is 23.3. The number of carboxylic acids is 1. The van der Waals surface area contributed by atoms with Crippen LogP contribution >= 0.6 is 0 Å². The molecular formula is C33H36N2O6. The van der Waals surface area contributed by atoms with Gasteiger partial charge in [-0.25, -0.2) is 4.79 Å². The van der Waals surface area contributed by atoms with Gasteiger partial charge in [-0.3, -0.25) is 9.59 Å². The van der Waals surface area contributed by atoms with E-state index in [-0.39, 0.29) is 19.1 Å². The lowest BCUT2D eigenvalue weighted by Crippen LogP contribution is -2.57. The molecule has 8 heteroatoms. The number of benzene rings is 3. The van der Waals surface area contributed by atoms with Crippen molar-refractivity contribution in [3.8, 4) is 11.1 Å². The van der Waals surface area contributed by atoms with Gasteiger partial charge in [-0.1, -0.05) is 85.3 Å². The number of carbonyl (C=O) groups excluding carboxylic acids is 2. The van der Waals surface area contributed by atoms with E-state index < -0.39 is 41.6 Å². The highest BCUT2D eigenvalue weighted by molar-refractivity contribution is 5.87. The zero-order chi connectivity index (χ0) is 29.0. The summed E-state index contributed by atoms with van der Waals surface area (Å²) in [6, 6.07) is 24.0. The number of amides is 2. The number of nitrogens with one attached hydrogen (secondary N) is 2. The van der Waals surface area contributed by atoms with Crippen molar-refractivity contribution in [1.82, 2.24) is 10.6 Å². The SMILES string of the molecule is C[C@H](OCc1ccccc1)[C@@H](NC(=O)OCC1c2ccccc2-c2ccccc21)C(=O)NC1CCCC1(C)C(=O)O. The van der Waals surface area contributed by atoms with E-state index in [4.69, 9.17) is 9.47 Å². The maximum absolute atomic E-state index is 13.5. The molecular weight excluding hydrogens is 520 g/mol. The number of carbonyl (C=O) groups is 3. The van der Waals surface area contributed by atoms with Gasteiger partial charge in [0.05, 0.1) is 18.1 Å². The summed E-state index contributed by atoms with van der Waals surface area (Å²) in [6.07, 6.45) is 0.254. The number of hydrogen-bond acceptors (Lipinski definition) is 5. The van der Waals surface area contributed by atoms with Crippen molar-refractivity contribution in [2.45, 2.75) is 63.8 Å². The van der Waals surface area contributed by atoms with E-state index in [0.717, 1.165) is 27.8 Å². The Balaban J connectivity index is 1.28. The van der Waals surface area contributed by atoms with Crippen molar-refractivity contribution >= 4 is 18.0 Å². The van der Waals surface area contributed by atoms with E-state index in [0.29, 0.717) is 19.3 Å². The van der Waals surface area contributed by atoms with Crippen LogP contribution in [0.2, 0.25) is 0 Å². The van der Waals surface area contributed by atoms with Crippen LogP contribution in [0.15, 0.2) is 78.9 Å². The summed E-state index contributed by atoms with van der Waals surface area (Å²) in [5, 5.41) is 15.4. The molecule has 0 radical (unpaired) electrons. The van der Waals surface area contributed by atoms with Crippen LogP contribution in [-0.4, -0.2) is 47.9 Å². The summed E-state index contributed by atoms with van der Waals surface area (Å²) in [7, 11) is 0. The predicted octanol–water partition coefficient (Wildman–Crippen LogP) is 5.26. The second-order valence-corrected chi connectivity index (χ2v) is 11.1. The molecule has 0 aliphatic heterocycles. The summed E-state index contributed by atoms with van der Waals surface area (Å²) < 4.78 is 11.7. The van der Waals surface area contributed by atoms with Gasteiger partial charge in [-0.15, -0.1) is 0 Å². The molecule has 8 nitrogen and oxygen atoms in total. The maximum atomic E-state index is 13.5. The van der Waals surface area contributed by atoms with Gasteiger partial charge in [-0.05, 0) is 54.5 Å². The van der Waals surface area contributed by atoms with Crippen molar-refractivity contribution in [1.29, 1.82) is 0 Å². The summed E-state index contributed by atoms with van der Waals surface area (Å²) in [5.41, 5.74) is 4.27. The van der Waals surface area contributed by atoms with E-state index in [1.54, 1.807) is 13.8 Å². The lowest BCUT2D eigenvalue weighted by molar-refractivity contribution is -0.149.